The molecule has 88 valence electrons. The molecule has 14 heavy (non-hydrogen) atoms. The number of hydrogen-bond donors (Lipinski definition) is 2. The summed E-state index contributed by atoms with van der Waals surface area (Å²) in [6.07, 6.45) is 1.94. The summed E-state index contributed by atoms with van der Waals surface area (Å²) in [6.45, 7) is 12.6. The standard InChI is InChI=1S/C4H9.2C3H8O.CH3.Ti/c1-3-4-2;2*1-3(2)4;;/h1,3-4H2,2H3;2*3-4H,1-2H3;1H3;/q-1;;;-1;+2. The Morgan fingerprint density at radius 3 is 1.07 bits per heavy atom. The van der Waals surface area contributed by atoms with Gasteiger partial charge in [-0.1, -0.05) is 13.3 Å². The van der Waals surface area contributed by atoms with E-state index >= 15 is 0 Å². The molecule has 0 unspecified atom stereocenters. The van der Waals surface area contributed by atoms with Gasteiger partial charge in [-0.3, -0.25) is 0 Å². The van der Waals surface area contributed by atoms with Crippen LogP contribution >= 0.6 is 0 Å². The summed E-state index contributed by atoms with van der Waals surface area (Å²) >= 11 is 0. The molecule has 0 aliphatic rings. The SMILES string of the molecule is CC(C)O.CC(C)O.[CH2-]CCC.[CH3-].[Ti+2]. The van der Waals surface area contributed by atoms with Gasteiger partial charge in [0.15, 0.2) is 0 Å². The van der Waals surface area contributed by atoms with E-state index in [1.807, 2.05) is 0 Å². The summed E-state index contributed by atoms with van der Waals surface area (Å²) in [5.74, 6) is 0. The van der Waals surface area contributed by atoms with Gasteiger partial charge in [0.05, 0.1) is 0 Å². The molecule has 0 atom stereocenters. The second-order valence-electron chi connectivity index (χ2n) is 3.04. The molecule has 0 amide bonds. The minimum atomic E-state index is -0.167. The Morgan fingerprint density at radius 2 is 1.07 bits per heavy atom. The van der Waals surface area contributed by atoms with Gasteiger partial charge >= 0.3 is 21.7 Å². The van der Waals surface area contributed by atoms with Crippen molar-refractivity contribution in [2.45, 2.75) is 59.7 Å². The normalized spacial score (nSPS) is 7.29. The molecule has 0 aromatic rings. The van der Waals surface area contributed by atoms with Crippen molar-refractivity contribution in [1.29, 1.82) is 0 Å². The number of unbranched alkanes of at least 4 members (excludes halogenated alkanes) is 1. The Morgan fingerprint density at radius 1 is 1.00 bits per heavy atom. The van der Waals surface area contributed by atoms with Crippen molar-refractivity contribution < 1.29 is 31.9 Å². The van der Waals surface area contributed by atoms with E-state index in [0.29, 0.717) is 0 Å². The van der Waals surface area contributed by atoms with E-state index in [2.05, 4.69) is 13.8 Å². The van der Waals surface area contributed by atoms with Gasteiger partial charge in [0.2, 0.25) is 0 Å². The summed E-state index contributed by atoms with van der Waals surface area (Å²) in [7, 11) is 0. The Balaban J connectivity index is -0.0000000270. The molecule has 0 aromatic carbocycles. The molecule has 0 saturated carbocycles. The maximum absolute atomic E-state index is 8.06. The third-order valence-corrected chi connectivity index (χ3v) is 0.354. The largest absolute Gasteiger partial charge is 2.00 e. The zero-order valence-electron chi connectivity index (χ0n) is 10.7. The monoisotopic (exact) mass is 240 g/mol. The zero-order chi connectivity index (χ0) is 10.6. The molecule has 0 fully saturated rings. The smallest absolute Gasteiger partial charge is 0.394 e. The predicted octanol–water partition coefficient (Wildman–Crippen LogP) is 2.84. The average Bonchev–Trinajstić information content (AvgIpc) is 1.85. The molecular formula is C11H28O2Ti. The van der Waals surface area contributed by atoms with Gasteiger partial charge in [0.25, 0.3) is 0 Å². The van der Waals surface area contributed by atoms with E-state index in [1.54, 1.807) is 27.7 Å². The van der Waals surface area contributed by atoms with Crippen molar-refractivity contribution in [1.82, 2.24) is 0 Å². The molecule has 2 nitrogen and oxygen atoms in total. The van der Waals surface area contributed by atoms with Crippen LogP contribution in [0, 0.1) is 14.4 Å². The number of aliphatic hydroxyl groups excluding tert-OH is 2. The van der Waals surface area contributed by atoms with Crippen LogP contribution in [0.3, 0.4) is 0 Å². The van der Waals surface area contributed by atoms with Crippen LogP contribution < -0.4 is 0 Å². The first kappa shape index (κ1) is 29.3. The van der Waals surface area contributed by atoms with Gasteiger partial charge in [-0.2, -0.15) is 6.42 Å². The minimum Gasteiger partial charge on any atom is -0.394 e. The fourth-order valence-corrected chi connectivity index (χ4v) is 0. The summed E-state index contributed by atoms with van der Waals surface area (Å²) in [5, 5.41) is 16.1. The second-order valence-corrected chi connectivity index (χ2v) is 3.04. The van der Waals surface area contributed by atoms with E-state index < -0.39 is 0 Å². The molecule has 2 N–H and O–H groups in total. The third-order valence-electron chi connectivity index (χ3n) is 0.354. The summed E-state index contributed by atoms with van der Waals surface area (Å²) in [4.78, 5) is 0. The van der Waals surface area contributed by atoms with Crippen molar-refractivity contribution in [3.8, 4) is 0 Å². The van der Waals surface area contributed by atoms with Gasteiger partial charge in [-0.15, -0.1) is 0 Å². The molecule has 0 saturated heterocycles. The van der Waals surface area contributed by atoms with Crippen molar-refractivity contribution in [2.24, 2.45) is 0 Å². The molecule has 3 heteroatoms. The van der Waals surface area contributed by atoms with Crippen LogP contribution in [-0.4, -0.2) is 22.4 Å². The Labute approximate surface area is 106 Å². The fourth-order valence-electron chi connectivity index (χ4n) is 0. The van der Waals surface area contributed by atoms with E-state index in [9.17, 15) is 0 Å². The van der Waals surface area contributed by atoms with Gasteiger partial charge in [0.1, 0.15) is 0 Å². The summed E-state index contributed by atoms with van der Waals surface area (Å²) < 4.78 is 0. The quantitative estimate of drug-likeness (QED) is 0.546. The van der Waals surface area contributed by atoms with Crippen LogP contribution in [0.15, 0.2) is 0 Å². The Kier molecular flexibility index (Phi) is 61.1. The molecule has 0 radical (unpaired) electrons. The van der Waals surface area contributed by atoms with Gasteiger partial charge in [-0.25, -0.2) is 0 Å². The molecule has 0 aliphatic heterocycles. The van der Waals surface area contributed by atoms with Crippen molar-refractivity contribution in [3.05, 3.63) is 14.4 Å². The van der Waals surface area contributed by atoms with Gasteiger partial charge < -0.3 is 24.6 Å². The topological polar surface area (TPSA) is 40.5 Å². The van der Waals surface area contributed by atoms with E-state index in [0.717, 1.165) is 6.42 Å². The number of aliphatic hydroxyl groups is 2. The molecule has 0 bridgehead atoms. The molecule has 0 spiro atoms. The van der Waals surface area contributed by atoms with E-state index in [-0.39, 0.29) is 41.4 Å². The summed E-state index contributed by atoms with van der Waals surface area (Å²) in [5.41, 5.74) is 0. The molecule has 0 aliphatic carbocycles. The third kappa shape index (κ3) is 640. The van der Waals surface area contributed by atoms with Crippen molar-refractivity contribution in [2.75, 3.05) is 0 Å². The van der Waals surface area contributed by atoms with Crippen LogP contribution in [0.4, 0.5) is 0 Å². The van der Waals surface area contributed by atoms with Crippen LogP contribution in [0.25, 0.3) is 0 Å². The number of rotatable bonds is 1. The second kappa shape index (κ2) is 29.2. The van der Waals surface area contributed by atoms with Crippen LogP contribution in [0.5, 0.6) is 0 Å². The summed E-state index contributed by atoms with van der Waals surface area (Å²) in [6, 6.07) is 0. The van der Waals surface area contributed by atoms with Gasteiger partial charge in [0, 0.05) is 12.2 Å². The van der Waals surface area contributed by atoms with Crippen LogP contribution in [0.2, 0.25) is 0 Å². The van der Waals surface area contributed by atoms with Crippen LogP contribution in [0.1, 0.15) is 47.5 Å². The fraction of sp³-hybridized carbons (Fsp3) is 0.818. The van der Waals surface area contributed by atoms with E-state index in [1.165, 1.54) is 6.42 Å². The molecule has 0 heterocycles. The first-order valence-electron chi connectivity index (χ1n) is 4.53. The molecule has 0 aromatic heterocycles. The predicted molar refractivity (Wildman–Crippen MR) is 61.4 cm³/mol. The first-order chi connectivity index (χ1) is 5.38. The average molecular weight is 240 g/mol. The maximum Gasteiger partial charge on any atom is 2.00 e. The first-order valence-corrected chi connectivity index (χ1v) is 4.53. The van der Waals surface area contributed by atoms with Gasteiger partial charge in [-0.05, 0) is 27.7 Å². The maximum atomic E-state index is 8.06. The van der Waals surface area contributed by atoms with Crippen LogP contribution in [-0.2, 0) is 21.7 Å². The van der Waals surface area contributed by atoms with E-state index in [4.69, 9.17) is 10.2 Å². The van der Waals surface area contributed by atoms with Crippen molar-refractivity contribution >= 4 is 0 Å². The molecular weight excluding hydrogens is 212 g/mol. The molecule has 0 rings (SSSR count). The Bertz CT molecular complexity index is 43.7. The number of hydrogen-bond acceptors (Lipinski definition) is 2. The minimum absolute atomic E-state index is 0. The Hall–Kier alpha value is 0.634. The van der Waals surface area contributed by atoms with Crippen molar-refractivity contribution in [3.63, 3.8) is 0 Å². The zero-order valence-corrected chi connectivity index (χ0v) is 12.2.